The summed E-state index contributed by atoms with van der Waals surface area (Å²) in [7, 11) is 0.0802. The molecule has 2 aliphatic rings. The van der Waals surface area contributed by atoms with Crippen LogP contribution in [0.4, 0.5) is 0 Å². The first-order valence-electron chi connectivity index (χ1n) is 28.5. The number of hydrogen-bond donors (Lipinski definition) is 3. The SMILES string of the molecule is COc1ccc(C(OC[C@]2(C(O)[Si](C(C)C)(C(C)C)C(C)C)CN(C(=O)COCCOCCO[C@@H]3O[C@H](COC(C)=O)[C@H](OC(C)=O)[C@H](OC(C)=O)[C@H]3NC(C)=O)C[C@H](n3cc(C)c(=O)[nH]c3=O)O2)(c2ccccc2)c2ccc(OC)cc2)cc1. The monoisotopic (exact) mass is 1200 g/mol. The molecule has 466 valence electrons. The molecule has 3 heterocycles. The molecule has 24 heteroatoms. The number of H-pyrrole nitrogens is 1. The van der Waals surface area contributed by atoms with Crippen LogP contribution < -0.4 is 26.0 Å². The number of rotatable bonds is 28. The molecule has 0 spiro atoms. The molecule has 3 aromatic carbocycles. The first-order valence-corrected chi connectivity index (χ1v) is 30.8. The number of aliphatic hydroxyl groups excluding tert-OH is 1. The minimum Gasteiger partial charge on any atom is -0.497 e. The molecular weight excluding hydrogens is 1120 g/mol. The molecule has 6 rings (SSSR count). The second-order valence-electron chi connectivity index (χ2n) is 22.3. The number of benzene rings is 3. The molecule has 0 saturated carbocycles. The highest BCUT2D eigenvalue weighted by Crippen LogP contribution is 2.50. The summed E-state index contributed by atoms with van der Waals surface area (Å²) >= 11 is 0. The fourth-order valence-corrected chi connectivity index (χ4v) is 19.2. The van der Waals surface area contributed by atoms with Crippen molar-refractivity contribution in [2.45, 2.75) is 147 Å². The van der Waals surface area contributed by atoms with Crippen LogP contribution in [0.3, 0.4) is 0 Å². The summed E-state index contributed by atoms with van der Waals surface area (Å²) < 4.78 is 67.5. The Morgan fingerprint density at radius 2 is 1.29 bits per heavy atom. The van der Waals surface area contributed by atoms with Crippen molar-refractivity contribution in [3.8, 4) is 11.5 Å². The third-order valence-corrected chi connectivity index (χ3v) is 23.3. The van der Waals surface area contributed by atoms with Gasteiger partial charge in [-0.15, -0.1) is 0 Å². The Morgan fingerprint density at radius 3 is 1.82 bits per heavy atom. The second-order valence-corrected chi connectivity index (χ2v) is 28.3. The summed E-state index contributed by atoms with van der Waals surface area (Å²) in [5.41, 5.74) is -3.62. The number of aromatic nitrogens is 2. The zero-order chi connectivity index (χ0) is 62.4. The van der Waals surface area contributed by atoms with Crippen molar-refractivity contribution in [2.75, 3.05) is 73.6 Å². The molecule has 85 heavy (non-hydrogen) atoms. The van der Waals surface area contributed by atoms with E-state index in [1.807, 2.05) is 78.9 Å². The Bertz CT molecular complexity index is 2920. The molecule has 0 radical (unpaired) electrons. The van der Waals surface area contributed by atoms with Gasteiger partial charge in [0.2, 0.25) is 11.8 Å². The van der Waals surface area contributed by atoms with E-state index in [1.54, 1.807) is 21.1 Å². The zero-order valence-corrected chi connectivity index (χ0v) is 51.9. The van der Waals surface area contributed by atoms with Crippen LogP contribution in [0, 0.1) is 6.92 Å². The molecule has 23 nitrogen and oxygen atoms in total. The summed E-state index contributed by atoms with van der Waals surface area (Å²) in [5, 5.41) is 16.5. The van der Waals surface area contributed by atoms with Crippen molar-refractivity contribution in [1.82, 2.24) is 19.8 Å². The lowest BCUT2D eigenvalue weighted by atomic mass is 9.79. The lowest BCUT2D eigenvalue weighted by Crippen LogP contribution is -2.73. The highest BCUT2D eigenvalue weighted by Gasteiger charge is 2.61. The van der Waals surface area contributed by atoms with Gasteiger partial charge in [0.05, 0.1) is 74.1 Å². The van der Waals surface area contributed by atoms with Gasteiger partial charge in [-0.05, 0) is 64.5 Å². The molecule has 3 N–H and O–H groups in total. The Hall–Kier alpha value is -6.77. The van der Waals surface area contributed by atoms with Gasteiger partial charge in [0, 0.05) is 39.5 Å². The number of morpholine rings is 1. The fraction of sp³-hybridized carbons (Fsp3) is 0.557. The highest BCUT2D eigenvalue weighted by molar-refractivity contribution is 6.84. The average Bonchev–Trinajstić information content (AvgIpc) is 1.66. The van der Waals surface area contributed by atoms with Crippen LogP contribution in [0.15, 0.2) is 94.6 Å². The van der Waals surface area contributed by atoms with Crippen LogP contribution in [-0.2, 0) is 72.2 Å². The molecule has 1 aromatic heterocycles. The Kier molecular flexibility index (Phi) is 23.8. The summed E-state index contributed by atoms with van der Waals surface area (Å²) in [4.78, 5) is 94.4. The number of ether oxygens (including phenoxy) is 11. The van der Waals surface area contributed by atoms with E-state index in [1.165, 1.54) is 29.5 Å². The molecule has 2 fully saturated rings. The van der Waals surface area contributed by atoms with Gasteiger partial charge < -0.3 is 67.4 Å². The third kappa shape index (κ3) is 15.8. The van der Waals surface area contributed by atoms with Gasteiger partial charge in [-0.3, -0.25) is 38.3 Å². The molecule has 2 aliphatic heterocycles. The van der Waals surface area contributed by atoms with Gasteiger partial charge in [0.1, 0.15) is 48.1 Å². The predicted octanol–water partition coefficient (Wildman–Crippen LogP) is 5.25. The topological polar surface area (TPSA) is 277 Å². The summed E-state index contributed by atoms with van der Waals surface area (Å²) in [5.74, 6) is -2.00. The summed E-state index contributed by atoms with van der Waals surface area (Å²) in [6.45, 7) is 16.9. The maximum Gasteiger partial charge on any atom is 0.330 e. The number of methoxy groups -OCH3 is 2. The minimum absolute atomic E-state index is 0.0329. The quantitative estimate of drug-likeness (QED) is 0.0215. The van der Waals surface area contributed by atoms with Crippen molar-refractivity contribution in [3.63, 3.8) is 0 Å². The maximum atomic E-state index is 14.9. The standard InChI is InChI=1S/C61H84N4O19Si/c1-37(2)85(38(3)4,39(5)6)58(72)60(36-80-61(45-17-15-14-16-18-45,46-19-23-48(74-12)24-20-46)47-21-25-49(75-13)26-22-47)35-64(32-52(84-60)65-31-40(7)56(71)63-59(65)73)51(70)34-77-28-27-76-29-30-78-57-53(62-41(8)66)55(82-44(11)69)54(81-43(10)68)50(83-57)33-79-42(9)67/h14-26,31,37-39,50,52-55,57-58,72H,27-30,32-36H2,1-13H3,(H,62,66)(H,63,71,73)/t50-,52-,53-,54+,55-,57-,58?,60+/m1/s1. The van der Waals surface area contributed by atoms with Crippen molar-refractivity contribution >= 4 is 37.8 Å². The van der Waals surface area contributed by atoms with Gasteiger partial charge in [-0.2, -0.15) is 0 Å². The van der Waals surface area contributed by atoms with Crippen LogP contribution in [0.5, 0.6) is 11.5 Å². The number of carbonyl (C=O) groups is 5. The Balaban J connectivity index is 1.32. The van der Waals surface area contributed by atoms with Gasteiger partial charge in [-0.1, -0.05) is 96.1 Å². The average molecular weight is 1210 g/mol. The van der Waals surface area contributed by atoms with E-state index in [0.29, 0.717) is 22.6 Å². The van der Waals surface area contributed by atoms with Gasteiger partial charge in [0.15, 0.2) is 24.7 Å². The molecule has 4 aromatic rings. The van der Waals surface area contributed by atoms with E-state index in [0.717, 1.165) is 19.4 Å². The molecule has 8 atom stereocenters. The number of carbonyl (C=O) groups excluding carboxylic acids is 5. The Morgan fingerprint density at radius 1 is 0.753 bits per heavy atom. The predicted molar refractivity (Wildman–Crippen MR) is 312 cm³/mol. The molecule has 0 aliphatic carbocycles. The number of aromatic amines is 1. The number of amides is 2. The molecule has 0 bridgehead atoms. The van der Waals surface area contributed by atoms with Crippen LogP contribution in [0.1, 0.15) is 97.7 Å². The van der Waals surface area contributed by atoms with E-state index < -0.39 is 116 Å². The van der Waals surface area contributed by atoms with Crippen LogP contribution >= 0.6 is 0 Å². The van der Waals surface area contributed by atoms with E-state index >= 15 is 0 Å². The lowest BCUT2D eigenvalue weighted by molar-refractivity contribution is -0.279. The minimum atomic E-state index is -3.08. The molecule has 2 amide bonds. The molecular formula is C61H84N4O19Si. The second kappa shape index (κ2) is 30.0. The van der Waals surface area contributed by atoms with Gasteiger partial charge in [0.25, 0.3) is 5.56 Å². The van der Waals surface area contributed by atoms with E-state index in [2.05, 4.69) is 51.8 Å². The van der Waals surface area contributed by atoms with Gasteiger partial charge >= 0.3 is 23.6 Å². The number of aryl methyl sites for hydroxylation is 1. The van der Waals surface area contributed by atoms with Crippen molar-refractivity contribution in [2.24, 2.45) is 0 Å². The fourth-order valence-electron chi connectivity index (χ4n) is 12.2. The summed E-state index contributed by atoms with van der Waals surface area (Å²) in [6, 6.07) is 23.4. The zero-order valence-electron chi connectivity index (χ0n) is 50.9. The van der Waals surface area contributed by atoms with E-state index in [9.17, 15) is 38.7 Å². The number of nitrogens with zero attached hydrogens (tertiary/aromatic N) is 2. The highest BCUT2D eigenvalue weighted by atomic mass is 28.3. The number of aliphatic hydroxyl groups is 1. The lowest BCUT2D eigenvalue weighted by Gasteiger charge is -2.57. The van der Waals surface area contributed by atoms with Crippen molar-refractivity contribution < 1.29 is 81.2 Å². The molecule has 2 saturated heterocycles. The first kappa shape index (κ1) is 67.4. The van der Waals surface area contributed by atoms with Gasteiger partial charge in [-0.25, -0.2) is 4.79 Å². The van der Waals surface area contributed by atoms with Crippen LogP contribution in [0.25, 0.3) is 0 Å². The number of hydrogen-bond acceptors (Lipinski definition) is 19. The van der Waals surface area contributed by atoms with Crippen molar-refractivity contribution in [1.29, 1.82) is 0 Å². The van der Waals surface area contributed by atoms with Crippen molar-refractivity contribution in [3.05, 3.63) is 128 Å². The van der Waals surface area contributed by atoms with E-state index in [-0.39, 0.29) is 68.3 Å². The van der Waals surface area contributed by atoms with Crippen LogP contribution in [0.2, 0.25) is 16.6 Å². The maximum absolute atomic E-state index is 14.9. The van der Waals surface area contributed by atoms with E-state index in [4.69, 9.17) is 52.1 Å². The number of nitrogens with one attached hydrogen (secondary N) is 2. The number of esters is 3. The largest absolute Gasteiger partial charge is 0.497 e. The third-order valence-electron chi connectivity index (χ3n) is 15.9. The smallest absolute Gasteiger partial charge is 0.330 e. The first-order chi connectivity index (χ1) is 40.3. The summed E-state index contributed by atoms with van der Waals surface area (Å²) in [6.07, 6.45) is -4.97. The normalized spacial score (nSPS) is 21.3. The van der Waals surface area contributed by atoms with Crippen LogP contribution in [-0.4, -0.2) is 173 Å². The Labute approximate surface area is 496 Å². The molecule has 1 unspecified atom stereocenters.